The number of nitrogens with zero attached hydrogens (tertiary/aromatic N) is 2. The molecule has 0 unspecified atom stereocenters. The zero-order chi connectivity index (χ0) is 32.3. The van der Waals surface area contributed by atoms with Crippen molar-refractivity contribution in [3.05, 3.63) is 129 Å². The molecule has 4 aromatic rings. The molecule has 0 aliphatic carbocycles. The zero-order valence-electron chi connectivity index (χ0n) is 25.1. The molecule has 1 aliphatic heterocycles. The van der Waals surface area contributed by atoms with E-state index in [0.29, 0.717) is 27.9 Å². The minimum Gasteiger partial charge on any atom is -0.497 e. The number of halogens is 1. The number of carbonyl (C=O) groups excluding carboxylic acids is 2. The fourth-order valence-electron chi connectivity index (χ4n) is 4.99. The molecule has 11 heteroatoms. The predicted octanol–water partition coefficient (Wildman–Crippen LogP) is 6.52. The fourth-order valence-corrected chi connectivity index (χ4v) is 6.51. The van der Waals surface area contributed by atoms with Gasteiger partial charge >= 0.3 is 5.97 Å². The monoisotopic (exact) mass is 646 g/mol. The summed E-state index contributed by atoms with van der Waals surface area (Å²) >= 11 is 6.05. The van der Waals surface area contributed by atoms with Crippen LogP contribution in [0.15, 0.2) is 111 Å². The summed E-state index contributed by atoms with van der Waals surface area (Å²) in [5, 5.41) is 0.539. The van der Waals surface area contributed by atoms with Crippen molar-refractivity contribution in [2.75, 3.05) is 19.1 Å². The van der Waals surface area contributed by atoms with Crippen LogP contribution in [0.25, 0.3) is 6.08 Å². The second-order valence-corrected chi connectivity index (χ2v) is 12.7. The van der Waals surface area contributed by atoms with Gasteiger partial charge in [-0.2, -0.15) is 4.31 Å². The number of hydrogen-bond donors (Lipinski definition) is 0. The molecule has 1 amide bonds. The Morgan fingerprint density at radius 2 is 1.67 bits per heavy atom. The molecule has 1 aromatic heterocycles. The van der Waals surface area contributed by atoms with Crippen LogP contribution in [-0.2, 0) is 37.4 Å². The summed E-state index contributed by atoms with van der Waals surface area (Å²) < 4.78 is 45.2. The van der Waals surface area contributed by atoms with Crippen molar-refractivity contribution < 1.29 is 31.9 Å². The molecule has 0 fully saturated rings. The van der Waals surface area contributed by atoms with E-state index in [4.69, 9.17) is 25.5 Å². The molecule has 9 nitrogen and oxygen atoms in total. The van der Waals surface area contributed by atoms with E-state index in [1.807, 2.05) is 6.92 Å². The van der Waals surface area contributed by atoms with Crippen LogP contribution in [-0.4, -0.2) is 38.8 Å². The Morgan fingerprint density at radius 3 is 2.33 bits per heavy atom. The van der Waals surface area contributed by atoms with Crippen molar-refractivity contribution in [2.45, 2.75) is 31.8 Å². The molecule has 5 rings (SSSR count). The maximum absolute atomic E-state index is 13.8. The van der Waals surface area contributed by atoms with Gasteiger partial charge in [-0.3, -0.25) is 9.69 Å². The molecular formula is C34H31ClN2O7S. The highest BCUT2D eigenvalue weighted by Crippen LogP contribution is 2.37. The van der Waals surface area contributed by atoms with E-state index in [9.17, 15) is 18.0 Å². The molecule has 0 saturated carbocycles. The number of benzene rings is 3. The van der Waals surface area contributed by atoms with Crippen molar-refractivity contribution in [3.8, 4) is 5.75 Å². The van der Waals surface area contributed by atoms with Gasteiger partial charge in [0.2, 0.25) is 10.0 Å². The van der Waals surface area contributed by atoms with Gasteiger partial charge in [0.15, 0.2) is 0 Å². The lowest BCUT2D eigenvalue weighted by Crippen LogP contribution is -2.30. The number of hydrogen-bond acceptors (Lipinski definition) is 7. The van der Waals surface area contributed by atoms with Crippen molar-refractivity contribution in [1.29, 1.82) is 0 Å². The van der Waals surface area contributed by atoms with Crippen LogP contribution in [0.1, 0.15) is 29.6 Å². The second-order valence-electron chi connectivity index (χ2n) is 10.4. The standard InChI is InChI=1S/C34H31ClN2O7S/c1-22-8-16-30(17-9-22)45(40,41)36(20-24-10-12-25(35)13-11-24)21-29-15-14-28(44-29)19-31-32(34(39)43-4)23(2)37(33(31)38)26-6-5-7-27(18-26)42-3/h5-19H,20-21H2,1-4H3/b31-19+. The number of rotatable bonds is 10. The number of aryl methyl sites for hydroxylation is 1. The molecule has 1 aliphatic rings. The number of esters is 1. The highest BCUT2D eigenvalue weighted by atomic mass is 35.5. The molecule has 232 valence electrons. The third-order valence-electron chi connectivity index (χ3n) is 7.33. The van der Waals surface area contributed by atoms with E-state index in [2.05, 4.69) is 0 Å². The van der Waals surface area contributed by atoms with Crippen molar-refractivity contribution >= 4 is 45.3 Å². The van der Waals surface area contributed by atoms with Crippen LogP contribution in [0.4, 0.5) is 5.69 Å². The average molecular weight is 647 g/mol. The first-order chi connectivity index (χ1) is 21.5. The summed E-state index contributed by atoms with van der Waals surface area (Å²) in [7, 11) is -1.17. The predicted molar refractivity (Wildman–Crippen MR) is 171 cm³/mol. The normalized spacial score (nSPS) is 14.5. The number of carbonyl (C=O) groups is 2. The van der Waals surface area contributed by atoms with Gasteiger partial charge < -0.3 is 13.9 Å². The third-order valence-corrected chi connectivity index (χ3v) is 9.39. The Kier molecular flexibility index (Phi) is 9.29. The van der Waals surface area contributed by atoms with Gasteiger partial charge in [-0.25, -0.2) is 13.2 Å². The van der Waals surface area contributed by atoms with Crippen LogP contribution in [0.2, 0.25) is 5.02 Å². The Balaban J connectivity index is 1.48. The van der Waals surface area contributed by atoms with Crippen molar-refractivity contribution in [3.63, 3.8) is 0 Å². The largest absolute Gasteiger partial charge is 0.497 e. The molecular weight excluding hydrogens is 616 g/mol. The second kappa shape index (κ2) is 13.2. The number of ether oxygens (including phenoxy) is 2. The summed E-state index contributed by atoms with van der Waals surface area (Å²) in [6.07, 6.45) is 1.46. The molecule has 45 heavy (non-hydrogen) atoms. The fraction of sp³-hybridized carbons (Fsp3) is 0.176. The lowest BCUT2D eigenvalue weighted by atomic mass is 10.1. The topological polar surface area (TPSA) is 106 Å². The first kappa shape index (κ1) is 31.8. The lowest BCUT2D eigenvalue weighted by molar-refractivity contribution is -0.136. The highest BCUT2D eigenvalue weighted by Gasteiger charge is 2.38. The maximum atomic E-state index is 13.8. The molecule has 0 N–H and O–H groups in total. The van der Waals surface area contributed by atoms with Crippen LogP contribution >= 0.6 is 11.6 Å². The van der Waals surface area contributed by atoms with Gasteiger partial charge in [0.25, 0.3) is 5.91 Å². The molecule has 0 radical (unpaired) electrons. The Labute approximate surface area is 267 Å². The minimum atomic E-state index is -3.94. The van der Waals surface area contributed by atoms with E-state index in [0.717, 1.165) is 11.1 Å². The highest BCUT2D eigenvalue weighted by molar-refractivity contribution is 7.89. The SMILES string of the molecule is COC(=O)C1=C(C)N(c2cccc(OC)c2)C(=O)/C1=C/c1ccc(CN(Cc2ccc(Cl)cc2)S(=O)(=O)c2ccc(C)cc2)o1. The lowest BCUT2D eigenvalue weighted by Gasteiger charge is -2.21. The summed E-state index contributed by atoms with van der Waals surface area (Å²) in [5.74, 6) is 0.00808. The number of sulfonamides is 1. The molecule has 0 atom stereocenters. The van der Waals surface area contributed by atoms with Crippen LogP contribution < -0.4 is 9.64 Å². The summed E-state index contributed by atoms with van der Waals surface area (Å²) in [4.78, 5) is 28.1. The van der Waals surface area contributed by atoms with Gasteiger partial charge in [0.1, 0.15) is 17.3 Å². The first-order valence-corrected chi connectivity index (χ1v) is 15.7. The Hall–Kier alpha value is -4.64. The van der Waals surface area contributed by atoms with E-state index in [-0.39, 0.29) is 34.9 Å². The van der Waals surface area contributed by atoms with Gasteiger partial charge in [-0.05, 0) is 74.0 Å². The molecule has 3 aromatic carbocycles. The number of allylic oxidation sites excluding steroid dienone is 1. The molecule has 0 bridgehead atoms. The Bertz CT molecular complexity index is 1910. The van der Waals surface area contributed by atoms with E-state index in [1.165, 1.54) is 29.5 Å². The van der Waals surface area contributed by atoms with Gasteiger partial charge in [-0.1, -0.05) is 47.5 Å². The average Bonchev–Trinajstić information content (AvgIpc) is 3.58. The Morgan fingerprint density at radius 1 is 0.956 bits per heavy atom. The number of methoxy groups -OCH3 is 2. The van der Waals surface area contributed by atoms with E-state index in [1.54, 1.807) is 91.9 Å². The van der Waals surface area contributed by atoms with E-state index < -0.39 is 21.9 Å². The third kappa shape index (κ3) is 6.73. The molecule has 0 spiro atoms. The van der Waals surface area contributed by atoms with Crippen LogP contribution in [0.3, 0.4) is 0 Å². The van der Waals surface area contributed by atoms with Gasteiger partial charge in [0, 0.05) is 23.3 Å². The van der Waals surface area contributed by atoms with Crippen molar-refractivity contribution in [2.24, 2.45) is 0 Å². The smallest absolute Gasteiger partial charge is 0.340 e. The number of anilines is 1. The first-order valence-electron chi connectivity index (χ1n) is 13.9. The van der Waals surface area contributed by atoms with Gasteiger partial charge in [-0.15, -0.1) is 0 Å². The van der Waals surface area contributed by atoms with E-state index >= 15 is 0 Å². The maximum Gasteiger partial charge on any atom is 0.340 e. The quantitative estimate of drug-likeness (QED) is 0.143. The summed E-state index contributed by atoms with van der Waals surface area (Å²) in [6, 6.07) is 23.7. The van der Waals surface area contributed by atoms with Crippen molar-refractivity contribution in [1.82, 2.24) is 4.31 Å². The zero-order valence-corrected chi connectivity index (χ0v) is 26.7. The minimum absolute atomic E-state index is 0.0624. The van der Waals surface area contributed by atoms with Crippen LogP contribution in [0.5, 0.6) is 5.75 Å². The van der Waals surface area contributed by atoms with Crippen LogP contribution in [0, 0.1) is 6.92 Å². The van der Waals surface area contributed by atoms with Gasteiger partial charge in [0.05, 0.1) is 42.5 Å². The number of furan rings is 1. The summed E-state index contributed by atoms with van der Waals surface area (Å²) in [5.41, 5.74) is 2.74. The summed E-state index contributed by atoms with van der Waals surface area (Å²) in [6.45, 7) is 3.51. The molecule has 0 saturated heterocycles. The molecule has 2 heterocycles. The number of amides is 1.